The summed E-state index contributed by atoms with van der Waals surface area (Å²) >= 11 is 0. The first-order chi connectivity index (χ1) is 19.3. The van der Waals surface area contributed by atoms with E-state index in [1.165, 1.54) is 25.9 Å². The Labute approximate surface area is 230 Å². The van der Waals surface area contributed by atoms with Gasteiger partial charge >= 0.3 is 0 Å². The second-order valence-electron chi connectivity index (χ2n) is 8.90. The zero-order chi connectivity index (χ0) is 28.3. The fourth-order valence-electron chi connectivity index (χ4n) is 4.54. The van der Waals surface area contributed by atoms with Gasteiger partial charge in [-0.1, -0.05) is 6.07 Å². The van der Waals surface area contributed by atoms with Gasteiger partial charge in [0, 0.05) is 38.2 Å². The molecular weight excluding hydrogens is 543 g/mol. The summed E-state index contributed by atoms with van der Waals surface area (Å²) in [6.07, 6.45) is 5.02. The Hall–Kier alpha value is -4.37. The Balaban J connectivity index is 1.56. The molecule has 0 amide bonds. The number of rotatable bonds is 9. The predicted molar refractivity (Wildman–Crippen MR) is 144 cm³/mol. The number of nitrogens with zero attached hydrogens (tertiary/aromatic N) is 7. The lowest BCUT2D eigenvalue weighted by atomic mass is 10.1. The van der Waals surface area contributed by atoms with E-state index in [1.54, 1.807) is 47.6 Å². The summed E-state index contributed by atoms with van der Waals surface area (Å²) in [5, 5.41) is 7.54. The van der Waals surface area contributed by atoms with E-state index < -0.39 is 27.2 Å². The quantitative estimate of drug-likeness (QED) is 0.316. The van der Waals surface area contributed by atoms with Crippen LogP contribution in [0.25, 0.3) is 17.1 Å². The van der Waals surface area contributed by atoms with Gasteiger partial charge in [0.2, 0.25) is 21.9 Å². The number of para-hydroxylation sites is 1. The minimum atomic E-state index is -4.09. The van der Waals surface area contributed by atoms with E-state index in [0.29, 0.717) is 35.1 Å². The van der Waals surface area contributed by atoms with Crippen LogP contribution in [-0.2, 0) is 14.8 Å². The molecule has 3 aromatic heterocycles. The van der Waals surface area contributed by atoms with Gasteiger partial charge in [-0.15, -0.1) is 10.2 Å². The van der Waals surface area contributed by atoms with E-state index in [0.717, 1.165) is 12.4 Å². The van der Waals surface area contributed by atoms with Crippen LogP contribution in [0.5, 0.6) is 11.5 Å². The van der Waals surface area contributed by atoms with Crippen molar-refractivity contribution in [3.8, 4) is 28.6 Å². The first-order valence-corrected chi connectivity index (χ1v) is 13.7. The number of hydrogen-bond donors (Lipinski definition) is 1. The number of piperidine rings is 1. The van der Waals surface area contributed by atoms with Crippen LogP contribution < -0.4 is 19.1 Å². The van der Waals surface area contributed by atoms with Gasteiger partial charge in [-0.2, -0.15) is 0 Å². The van der Waals surface area contributed by atoms with Crippen molar-refractivity contribution in [1.82, 2.24) is 29.7 Å². The molecule has 2 atom stereocenters. The first kappa shape index (κ1) is 27.2. The maximum atomic E-state index is 13.8. The van der Waals surface area contributed by atoms with Crippen molar-refractivity contribution >= 4 is 21.9 Å². The smallest absolute Gasteiger partial charge is 0.243 e. The lowest BCUT2D eigenvalue weighted by Crippen LogP contribution is -2.51. The molecule has 210 valence electrons. The van der Waals surface area contributed by atoms with Gasteiger partial charge in [0.05, 0.1) is 32.7 Å². The molecule has 0 aliphatic carbocycles. The lowest BCUT2D eigenvalue weighted by Gasteiger charge is -2.36. The zero-order valence-corrected chi connectivity index (χ0v) is 22.7. The summed E-state index contributed by atoms with van der Waals surface area (Å²) in [6.45, 7) is 0.385. The van der Waals surface area contributed by atoms with Crippen LogP contribution in [0.1, 0.15) is 6.42 Å². The van der Waals surface area contributed by atoms with Crippen molar-refractivity contribution in [2.75, 3.05) is 44.0 Å². The highest BCUT2D eigenvalue weighted by Gasteiger charge is 2.38. The maximum absolute atomic E-state index is 13.8. The van der Waals surface area contributed by atoms with E-state index in [-0.39, 0.29) is 24.9 Å². The van der Waals surface area contributed by atoms with Crippen molar-refractivity contribution in [1.29, 1.82) is 0 Å². The fraction of sp³-hybridized carbons (Fsp3) is 0.320. The molecule has 1 fully saturated rings. The van der Waals surface area contributed by atoms with Crippen LogP contribution in [0, 0.1) is 5.82 Å². The molecule has 1 aliphatic rings. The van der Waals surface area contributed by atoms with Crippen LogP contribution >= 0.6 is 0 Å². The average molecular weight is 571 g/mol. The zero-order valence-electron chi connectivity index (χ0n) is 21.9. The minimum Gasteiger partial charge on any atom is -0.494 e. The molecule has 0 saturated carbocycles. The molecule has 40 heavy (non-hydrogen) atoms. The number of pyridine rings is 1. The van der Waals surface area contributed by atoms with Gasteiger partial charge in [0.1, 0.15) is 22.4 Å². The Morgan fingerprint density at radius 1 is 0.975 bits per heavy atom. The molecule has 0 radical (unpaired) electrons. The van der Waals surface area contributed by atoms with E-state index in [4.69, 9.17) is 14.2 Å². The van der Waals surface area contributed by atoms with E-state index in [2.05, 4.69) is 29.9 Å². The Kier molecular flexibility index (Phi) is 7.75. The number of aromatic nitrogens is 6. The van der Waals surface area contributed by atoms with Gasteiger partial charge in [-0.05, 0) is 30.7 Å². The summed E-state index contributed by atoms with van der Waals surface area (Å²) < 4.78 is 61.9. The third-order valence-electron chi connectivity index (χ3n) is 6.48. The SMILES string of the molecule is COc1cccc(OC)c1-n1c(NS(=O)(=O)[C@H]2C[C@@H](OC)CN(c3ncc(F)cn3)C2)nnc1-c1cccnc1. The second kappa shape index (κ2) is 11.4. The Morgan fingerprint density at radius 2 is 1.70 bits per heavy atom. The number of halogens is 1. The number of ether oxygens (including phenoxy) is 3. The highest BCUT2D eigenvalue weighted by Crippen LogP contribution is 2.38. The van der Waals surface area contributed by atoms with Gasteiger partial charge in [-0.25, -0.2) is 22.8 Å². The molecule has 0 bridgehead atoms. The molecule has 1 N–H and O–H groups in total. The van der Waals surface area contributed by atoms with E-state index >= 15 is 0 Å². The van der Waals surface area contributed by atoms with Crippen molar-refractivity contribution in [3.63, 3.8) is 0 Å². The topological polar surface area (TPSA) is 146 Å². The van der Waals surface area contributed by atoms with Crippen molar-refractivity contribution < 1.29 is 27.0 Å². The maximum Gasteiger partial charge on any atom is 0.243 e. The molecule has 4 heterocycles. The number of anilines is 2. The van der Waals surface area contributed by atoms with Crippen LogP contribution in [-0.4, -0.2) is 83.9 Å². The van der Waals surface area contributed by atoms with Crippen molar-refractivity contribution in [3.05, 3.63) is 60.9 Å². The van der Waals surface area contributed by atoms with E-state index in [1.807, 2.05) is 0 Å². The summed E-state index contributed by atoms with van der Waals surface area (Å²) in [6, 6.07) is 8.69. The highest BCUT2D eigenvalue weighted by atomic mass is 32.2. The number of hydrogen-bond acceptors (Lipinski definition) is 11. The molecule has 4 aromatic rings. The number of nitrogens with one attached hydrogen (secondary N) is 1. The highest BCUT2D eigenvalue weighted by molar-refractivity contribution is 7.93. The molecule has 13 nitrogen and oxygen atoms in total. The monoisotopic (exact) mass is 570 g/mol. The predicted octanol–water partition coefficient (Wildman–Crippen LogP) is 2.31. The normalized spacial score (nSPS) is 17.4. The molecule has 0 spiro atoms. The third-order valence-corrected chi connectivity index (χ3v) is 8.16. The van der Waals surface area contributed by atoms with Crippen molar-refractivity contribution in [2.45, 2.75) is 17.8 Å². The molecule has 1 saturated heterocycles. The summed E-state index contributed by atoms with van der Waals surface area (Å²) in [7, 11) is 0.403. The molecule has 1 aromatic carbocycles. The molecule has 1 aliphatic heterocycles. The van der Waals surface area contributed by atoms with Gasteiger partial charge < -0.3 is 19.1 Å². The number of methoxy groups -OCH3 is 3. The third kappa shape index (κ3) is 5.37. The first-order valence-electron chi connectivity index (χ1n) is 12.2. The fourth-order valence-corrected chi connectivity index (χ4v) is 5.94. The standard InChI is InChI=1S/C25H27FN8O5S/c1-37-18-10-19(15-33(14-18)24-28-12-17(26)13-29-24)40(35,36)32-25-31-30-23(16-6-5-9-27-11-16)34(25)22-20(38-2)7-4-8-21(22)39-3/h4-9,11-13,18-19H,10,14-15H2,1-3H3,(H,31,32)/t18-,19+/m1/s1. The van der Waals surface area contributed by atoms with Crippen LogP contribution in [0.3, 0.4) is 0 Å². The van der Waals surface area contributed by atoms with Gasteiger partial charge in [0.15, 0.2) is 11.6 Å². The van der Waals surface area contributed by atoms with Gasteiger partial charge in [-0.3, -0.25) is 14.3 Å². The average Bonchev–Trinajstić information content (AvgIpc) is 3.39. The largest absolute Gasteiger partial charge is 0.494 e. The Bertz CT molecular complexity index is 1550. The van der Waals surface area contributed by atoms with E-state index in [9.17, 15) is 12.8 Å². The minimum absolute atomic E-state index is 0.0441. The van der Waals surface area contributed by atoms with Crippen LogP contribution in [0.2, 0.25) is 0 Å². The lowest BCUT2D eigenvalue weighted by molar-refractivity contribution is 0.0898. The number of sulfonamides is 1. The second-order valence-corrected chi connectivity index (χ2v) is 10.9. The molecule has 5 rings (SSSR count). The molecule has 0 unspecified atom stereocenters. The number of benzene rings is 1. The Morgan fingerprint density at radius 3 is 2.33 bits per heavy atom. The molecule has 15 heteroatoms. The van der Waals surface area contributed by atoms with Crippen LogP contribution in [0.4, 0.5) is 16.3 Å². The van der Waals surface area contributed by atoms with Crippen LogP contribution in [0.15, 0.2) is 55.1 Å². The molecular formula is C25H27FN8O5S. The van der Waals surface area contributed by atoms with Gasteiger partial charge in [0.25, 0.3) is 0 Å². The van der Waals surface area contributed by atoms with Crippen molar-refractivity contribution in [2.24, 2.45) is 0 Å². The summed E-state index contributed by atoms with van der Waals surface area (Å²) in [5.41, 5.74) is 0.985. The summed E-state index contributed by atoms with van der Waals surface area (Å²) in [4.78, 5) is 13.8. The summed E-state index contributed by atoms with van der Waals surface area (Å²) in [5.74, 6) is 0.650.